The Hall–Kier alpha value is -1.82. The molecule has 3 heteroatoms. The summed E-state index contributed by atoms with van der Waals surface area (Å²) < 4.78 is 18.7. The van der Waals surface area contributed by atoms with E-state index in [4.69, 9.17) is 20.6 Å². The van der Waals surface area contributed by atoms with Crippen LogP contribution in [0.5, 0.6) is 17.2 Å². The third-order valence-electron chi connectivity index (χ3n) is 6.44. The Balaban J connectivity index is 2.70. The fraction of sp³-hybridized carbons (Fsp3) is 0.750. The van der Waals surface area contributed by atoms with E-state index in [1.807, 2.05) is 12.1 Å². The van der Waals surface area contributed by atoms with Gasteiger partial charge in [-0.1, -0.05) is 123 Å². The average molecular weight is 487 g/mol. The van der Waals surface area contributed by atoms with Crippen LogP contribution in [0.3, 0.4) is 0 Å². The van der Waals surface area contributed by atoms with Crippen LogP contribution in [0.15, 0.2) is 12.1 Å². The van der Waals surface area contributed by atoms with Gasteiger partial charge in [-0.3, -0.25) is 0 Å². The quantitative estimate of drug-likeness (QED) is 0.107. The molecule has 0 fully saturated rings. The number of unbranched alkanes of at least 4 members (excludes halogenated alkanes) is 15. The van der Waals surface area contributed by atoms with Crippen LogP contribution in [-0.4, -0.2) is 19.8 Å². The molecule has 0 aromatic heterocycles. The molecular weight excluding hydrogens is 432 g/mol. The van der Waals surface area contributed by atoms with Crippen molar-refractivity contribution in [3.05, 3.63) is 17.7 Å². The van der Waals surface area contributed by atoms with Gasteiger partial charge in [0.05, 0.1) is 19.8 Å². The fourth-order valence-electron chi connectivity index (χ4n) is 4.20. The van der Waals surface area contributed by atoms with E-state index in [1.165, 1.54) is 96.3 Å². The zero-order chi connectivity index (χ0) is 25.4. The summed E-state index contributed by atoms with van der Waals surface area (Å²) in [6, 6.07) is 3.87. The Bertz CT molecular complexity index is 622. The van der Waals surface area contributed by atoms with Crippen LogP contribution in [0.25, 0.3) is 0 Å². The third kappa shape index (κ3) is 15.7. The Kier molecular flexibility index (Phi) is 20.2. The lowest BCUT2D eigenvalue weighted by Gasteiger charge is -2.18. The van der Waals surface area contributed by atoms with Crippen LogP contribution < -0.4 is 14.2 Å². The topological polar surface area (TPSA) is 27.7 Å². The van der Waals surface area contributed by atoms with Crippen molar-refractivity contribution in [2.45, 2.75) is 136 Å². The van der Waals surface area contributed by atoms with E-state index in [0.717, 1.165) is 42.1 Å². The van der Waals surface area contributed by atoms with Gasteiger partial charge in [0.15, 0.2) is 11.5 Å². The minimum absolute atomic E-state index is 0.683. The molecule has 0 saturated heterocycles. The van der Waals surface area contributed by atoms with Crippen molar-refractivity contribution in [3.63, 3.8) is 0 Å². The van der Waals surface area contributed by atoms with Gasteiger partial charge in [-0.2, -0.15) is 0 Å². The highest BCUT2D eigenvalue weighted by Gasteiger charge is 2.15. The van der Waals surface area contributed by atoms with Crippen molar-refractivity contribution in [1.29, 1.82) is 0 Å². The number of terminal acetylenes is 1. The van der Waals surface area contributed by atoms with E-state index in [-0.39, 0.29) is 0 Å². The first kappa shape index (κ1) is 31.2. The molecule has 1 aromatic rings. The van der Waals surface area contributed by atoms with Crippen molar-refractivity contribution in [1.82, 2.24) is 0 Å². The standard InChI is InChI=1S/C32H54O3/c1-5-9-12-15-18-21-24-33-30-27-29(8-4)28-31(34-25-22-19-16-13-10-6-2)32(30)35-26-23-20-17-14-11-7-3/h4,27-28H,5-7,9-26H2,1-3H3. The molecule has 200 valence electrons. The third-order valence-corrected chi connectivity index (χ3v) is 6.44. The van der Waals surface area contributed by atoms with E-state index >= 15 is 0 Å². The summed E-state index contributed by atoms with van der Waals surface area (Å²) in [4.78, 5) is 0. The lowest BCUT2D eigenvalue weighted by Crippen LogP contribution is -2.07. The molecule has 0 amide bonds. The highest BCUT2D eigenvalue weighted by Crippen LogP contribution is 2.39. The van der Waals surface area contributed by atoms with Gasteiger partial charge in [0, 0.05) is 5.56 Å². The van der Waals surface area contributed by atoms with E-state index in [9.17, 15) is 0 Å². The van der Waals surface area contributed by atoms with Crippen molar-refractivity contribution in [3.8, 4) is 29.6 Å². The second-order valence-corrected chi connectivity index (χ2v) is 9.79. The first-order valence-corrected chi connectivity index (χ1v) is 14.8. The van der Waals surface area contributed by atoms with Crippen molar-refractivity contribution < 1.29 is 14.2 Å². The van der Waals surface area contributed by atoms with Gasteiger partial charge < -0.3 is 14.2 Å². The molecule has 0 saturated carbocycles. The van der Waals surface area contributed by atoms with Crippen LogP contribution in [0.4, 0.5) is 0 Å². The summed E-state index contributed by atoms with van der Waals surface area (Å²) in [6.45, 7) is 8.81. The van der Waals surface area contributed by atoms with Gasteiger partial charge in [-0.05, 0) is 31.4 Å². The van der Waals surface area contributed by atoms with Gasteiger partial charge >= 0.3 is 0 Å². The van der Waals surface area contributed by atoms with Crippen LogP contribution in [0.2, 0.25) is 0 Å². The molecule has 35 heavy (non-hydrogen) atoms. The highest BCUT2D eigenvalue weighted by atomic mass is 16.5. The summed E-state index contributed by atoms with van der Waals surface area (Å²) in [7, 11) is 0. The summed E-state index contributed by atoms with van der Waals surface area (Å²) in [5, 5.41) is 0. The summed E-state index contributed by atoms with van der Waals surface area (Å²) >= 11 is 0. The SMILES string of the molecule is C#Cc1cc(OCCCCCCCC)c(OCCCCCCCC)c(OCCCCCCCC)c1. The summed E-state index contributed by atoms with van der Waals surface area (Å²) in [6.07, 6.45) is 28.0. The number of hydrogen-bond donors (Lipinski definition) is 0. The smallest absolute Gasteiger partial charge is 0.203 e. The molecule has 0 N–H and O–H groups in total. The van der Waals surface area contributed by atoms with Gasteiger partial charge in [0.1, 0.15) is 0 Å². The highest BCUT2D eigenvalue weighted by molar-refractivity contribution is 5.57. The predicted octanol–water partition coefficient (Wildman–Crippen LogP) is 9.89. The van der Waals surface area contributed by atoms with E-state index in [1.54, 1.807) is 0 Å². The monoisotopic (exact) mass is 486 g/mol. The Morgan fingerprint density at radius 2 is 0.857 bits per heavy atom. The van der Waals surface area contributed by atoms with Gasteiger partial charge in [0.2, 0.25) is 5.75 Å². The molecule has 0 aliphatic rings. The maximum atomic E-state index is 6.28. The van der Waals surface area contributed by atoms with E-state index in [2.05, 4.69) is 26.7 Å². The minimum Gasteiger partial charge on any atom is -0.490 e. The van der Waals surface area contributed by atoms with E-state index < -0.39 is 0 Å². The first-order chi connectivity index (χ1) is 17.3. The Morgan fingerprint density at radius 1 is 0.514 bits per heavy atom. The molecule has 0 unspecified atom stereocenters. The molecule has 3 nitrogen and oxygen atoms in total. The first-order valence-electron chi connectivity index (χ1n) is 14.8. The molecular formula is C32H54O3. The number of hydrogen-bond acceptors (Lipinski definition) is 3. The molecule has 0 heterocycles. The fourth-order valence-corrected chi connectivity index (χ4v) is 4.20. The van der Waals surface area contributed by atoms with Crippen molar-refractivity contribution in [2.24, 2.45) is 0 Å². The van der Waals surface area contributed by atoms with Crippen LogP contribution >= 0.6 is 0 Å². The lowest BCUT2D eigenvalue weighted by molar-refractivity contribution is 0.234. The molecule has 1 rings (SSSR count). The number of benzene rings is 1. The second-order valence-electron chi connectivity index (χ2n) is 9.79. The van der Waals surface area contributed by atoms with E-state index in [0.29, 0.717) is 19.8 Å². The summed E-state index contributed by atoms with van der Waals surface area (Å²) in [5.41, 5.74) is 0.785. The molecule has 0 atom stereocenters. The zero-order valence-corrected chi connectivity index (χ0v) is 23.3. The predicted molar refractivity (Wildman–Crippen MR) is 151 cm³/mol. The van der Waals surface area contributed by atoms with Crippen LogP contribution in [-0.2, 0) is 0 Å². The van der Waals surface area contributed by atoms with Crippen molar-refractivity contribution >= 4 is 0 Å². The molecule has 0 radical (unpaired) electrons. The Morgan fingerprint density at radius 3 is 1.23 bits per heavy atom. The number of ether oxygens (including phenoxy) is 3. The van der Waals surface area contributed by atoms with Gasteiger partial charge in [0.25, 0.3) is 0 Å². The zero-order valence-electron chi connectivity index (χ0n) is 23.3. The molecule has 1 aromatic carbocycles. The largest absolute Gasteiger partial charge is 0.490 e. The maximum Gasteiger partial charge on any atom is 0.203 e. The summed E-state index contributed by atoms with van der Waals surface area (Å²) in [5.74, 6) is 4.96. The molecule has 0 spiro atoms. The van der Waals surface area contributed by atoms with Gasteiger partial charge in [-0.25, -0.2) is 0 Å². The lowest BCUT2D eigenvalue weighted by atomic mass is 10.1. The normalized spacial score (nSPS) is 10.8. The Labute approximate surface area is 217 Å². The molecule has 0 bridgehead atoms. The maximum absolute atomic E-state index is 6.28. The number of rotatable bonds is 24. The van der Waals surface area contributed by atoms with Gasteiger partial charge in [-0.15, -0.1) is 6.42 Å². The van der Waals surface area contributed by atoms with Crippen LogP contribution in [0.1, 0.15) is 142 Å². The average Bonchev–Trinajstić information content (AvgIpc) is 2.87. The second kappa shape index (κ2) is 22.6. The van der Waals surface area contributed by atoms with Crippen LogP contribution in [0, 0.1) is 12.3 Å². The molecule has 0 aliphatic heterocycles. The minimum atomic E-state index is 0.683. The molecule has 0 aliphatic carbocycles. The van der Waals surface area contributed by atoms with Crippen molar-refractivity contribution in [2.75, 3.05) is 19.8 Å².